The van der Waals surface area contributed by atoms with Crippen molar-refractivity contribution in [2.24, 2.45) is 16.7 Å². The van der Waals surface area contributed by atoms with Crippen LogP contribution in [0, 0.1) is 16.7 Å². The van der Waals surface area contributed by atoms with Gasteiger partial charge in [-0.05, 0) is 78.4 Å². The summed E-state index contributed by atoms with van der Waals surface area (Å²) in [6.07, 6.45) is -17.1. The number of hydrogen-bond donors (Lipinski definition) is 10. The lowest BCUT2D eigenvalue weighted by Crippen LogP contribution is -2.80. The van der Waals surface area contributed by atoms with Gasteiger partial charge in [-0.2, -0.15) is 0 Å². The molecule has 5 saturated heterocycles. The molecule has 1 unspecified atom stereocenters. The van der Waals surface area contributed by atoms with Crippen LogP contribution in [0.5, 0.6) is 0 Å². The molecule has 0 aromatic heterocycles. The molecule has 26 heteroatoms. The predicted molar refractivity (Wildman–Crippen MR) is 312 cm³/mol. The molecule has 1 aromatic carbocycles. The van der Waals surface area contributed by atoms with Gasteiger partial charge in [-0.25, -0.2) is 4.79 Å². The van der Waals surface area contributed by atoms with Gasteiger partial charge in [0.05, 0.1) is 72.6 Å². The van der Waals surface area contributed by atoms with Gasteiger partial charge in [-0.15, -0.1) is 0 Å². The van der Waals surface area contributed by atoms with Crippen molar-refractivity contribution in [3.05, 3.63) is 54.1 Å². The number of hydrogen-bond acceptors (Lipinski definition) is 26. The van der Waals surface area contributed by atoms with Crippen molar-refractivity contribution in [2.45, 2.75) is 282 Å². The molecule has 4 aliphatic carbocycles. The lowest BCUT2D eigenvalue weighted by Gasteiger charge is -2.68. The summed E-state index contributed by atoms with van der Waals surface area (Å²) in [7, 11) is 6.04. The van der Waals surface area contributed by atoms with Crippen LogP contribution in [0.3, 0.4) is 0 Å². The van der Waals surface area contributed by atoms with E-state index in [1.54, 1.807) is 47.1 Å². The molecule has 10 rings (SSSR count). The number of benzene rings is 1. The molecule has 510 valence electrons. The van der Waals surface area contributed by atoms with E-state index in [1.165, 1.54) is 33.3 Å². The highest BCUT2D eigenvalue weighted by atomic mass is 16.8. The Kier molecular flexibility index (Phi) is 21.3. The fraction of sp³-hybridized carbons (Fsp3) is 0.828. The predicted octanol–water partition coefficient (Wildman–Crippen LogP) is 0.793. The average molecular weight is 1280 g/mol. The maximum absolute atomic E-state index is 13.7. The first kappa shape index (κ1) is 70.0. The van der Waals surface area contributed by atoms with E-state index in [-0.39, 0.29) is 44.9 Å². The summed E-state index contributed by atoms with van der Waals surface area (Å²) in [6, 6.07) is 9.18. The Morgan fingerprint density at radius 2 is 1.16 bits per heavy atom. The van der Waals surface area contributed by atoms with Crippen molar-refractivity contribution in [1.82, 2.24) is 0 Å². The zero-order valence-corrected chi connectivity index (χ0v) is 53.3. The molecule has 10 N–H and O–H groups in total. The average Bonchev–Trinajstić information content (AvgIpc) is 1.33. The fourth-order valence-electron chi connectivity index (χ4n) is 16.7. The number of methoxy groups -OCH3 is 4. The van der Waals surface area contributed by atoms with E-state index in [0.29, 0.717) is 12.8 Å². The number of aliphatic hydroxyl groups is 10. The molecule has 90 heavy (non-hydrogen) atoms. The molecule has 8 fully saturated rings. The fourth-order valence-corrected chi connectivity index (χ4v) is 16.7. The minimum atomic E-state index is -2.11. The van der Waals surface area contributed by atoms with Gasteiger partial charge in [-0.1, -0.05) is 56.3 Å². The Morgan fingerprint density at radius 1 is 0.622 bits per heavy atom. The van der Waals surface area contributed by atoms with E-state index in [4.69, 9.17) is 71.1 Å². The summed E-state index contributed by atoms with van der Waals surface area (Å²) in [6.45, 7) is 11.3. The van der Waals surface area contributed by atoms with Crippen molar-refractivity contribution in [1.29, 1.82) is 0 Å². The maximum Gasteiger partial charge on any atom is 0.331 e. The molecule has 9 aliphatic rings. The molecule has 1 aromatic rings. The minimum Gasteiger partial charge on any atom is -0.458 e. The molecule has 0 spiro atoms. The highest BCUT2D eigenvalue weighted by Gasteiger charge is 2.82. The lowest BCUT2D eigenvalue weighted by atomic mass is 9.41. The van der Waals surface area contributed by atoms with Crippen LogP contribution >= 0.6 is 0 Å². The third-order valence-electron chi connectivity index (χ3n) is 22.2. The number of carbonyl (C=O) groups is 1. The van der Waals surface area contributed by atoms with Gasteiger partial charge < -0.3 is 122 Å². The van der Waals surface area contributed by atoms with Crippen LogP contribution in [0.25, 0.3) is 6.08 Å². The van der Waals surface area contributed by atoms with Crippen LogP contribution in [0.2, 0.25) is 0 Å². The molecular formula is C64H98O26. The van der Waals surface area contributed by atoms with Gasteiger partial charge in [0.2, 0.25) is 0 Å². The van der Waals surface area contributed by atoms with Crippen LogP contribution in [-0.2, 0) is 75.8 Å². The summed E-state index contributed by atoms with van der Waals surface area (Å²) in [5.41, 5.74) is -9.76. The molecule has 5 aliphatic heterocycles. The van der Waals surface area contributed by atoms with Crippen molar-refractivity contribution < 1.29 is 127 Å². The summed E-state index contributed by atoms with van der Waals surface area (Å²) >= 11 is 0. The van der Waals surface area contributed by atoms with Crippen molar-refractivity contribution >= 4 is 12.0 Å². The molecule has 3 saturated carbocycles. The number of rotatable bonds is 19. The first-order valence-corrected chi connectivity index (χ1v) is 31.8. The summed E-state index contributed by atoms with van der Waals surface area (Å²) in [5, 5.41) is 115. The van der Waals surface area contributed by atoms with Crippen LogP contribution < -0.4 is 0 Å². The van der Waals surface area contributed by atoms with Crippen molar-refractivity contribution in [2.75, 3.05) is 35.0 Å². The first-order valence-electron chi connectivity index (χ1n) is 31.8. The zero-order valence-electron chi connectivity index (χ0n) is 53.3. The van der Waals surface area contributed by atoms with Crippen molar-refractivity contribution in [3.8, 4) is 0 Å². The number of fused-ring (bicyclic) bond motifs is 5. The van der Waals surface area contributed by atoms with Gasteiger partial charge in [0.25, 0.3) is 0 Å². The monoisotopic (exact) mass is 1280 g/mol. The molecule has 0 bridgehead atoms. The highest BCUT2D eigenvalue weighted by Crippen LogP contribution is 2.71. The second-order valence-electron chi connectivity index (χ2n) is 27.0. The second-order valence-corrected chi connectivity index (χ2v) is 27.0. The zero-order chi connectivity index (χ0) is 65.2. The van der Waals surface area contributed by atoms with Crippen LogP contribution in [0.15, 0.2) is 48.6 Å². The largest absolute Gasteiger partial charge is 0.458 e. The number of esters is 1. The Hall–Kier alpha value is -2.79. The Balaban J connectivity index is 0.736. The van der Waals surface area contributed by atoms with Crippen LogP contribution in [0.1, 0.15) is 112 Å². The summed E-state index contributed by atoms with van der Waals surface area (Å²) in [4.78, 5) is 13.7. The number of ether oxygens (including phenoxy) is 15. The maximum atomic E-state index is 13.7. The Morgan fingerprint density at radius 3 is 1.70 bits per heavy atom. The Bertz CT molecular complexity index is 2620. The van der Waals surface area contributed by atoms with Gasteiger partial charge in [0.15, 0.2) is 31.5 Å². The summed E-state index contributed by atoms with van der Waals surface area (Å²) in [5.74, 6) is -1.61. The van der Waals surface area contributed by atoms with E-state index < -0.39 is 205 Å². The second kappa shape index (κ2) is 27.4. The smallest absolute Gasteiger partial charge is 0.331 e. The highest BCUT2D eigenvalue weighted by molar-refractivity contribution is 5.87. The van der Waals surface area contributed by atoms with E-state index in [2.05, 4.69) is 0 Å². The third-order valence-corrected chi connectivity index (χ3v) is 22.2. The molecule has 0 radical (unpaired) electrons. The lowest BCUT2D eigenvalue weighted by molar-refractivity contribution is -0.374. The topological polar surface area (TPSA) is 358 Å². The molecular weight excluding hydrogens is 1180 g/mol. The molecule has 32 atom stereocenters. The van der Waals surface area contributed by atoms with Gasteiger partial charge in [0, 0.05) is 71.5 Å². The standard InChI is InChI=1S/C64H98O26/c1-31-52(87-46-26-39(77-9)53(32(2)81-46)88-47-27-40(78-10)54(33(3)82-47)89-58-51(71)56(79-11)55(34(4)83-58)90-57-50(70)49(69)48(68)41(30-65)85-57)38(76-8)25-45(80-31)84-37-19-20-59(6)42-28-43(86-44(67)18-17-36-15-13-12-14-16-36)60(7)62(73,35(5)66)23-24-64(60,75)63(42,74)22-21-61(59,72)29-37/h12-18,21-22,31-35,37-43,45-58,65-66,68-75H,19-20,23-30H2,1-11H3/b18-17+/t31-,32-,33-,34-,35?,37+,38+,39+,40-,41-,42-,43-,45+,46+,47+,48-,49+,50-,51-,52-,53-,54-,55-,56+,57+,58+,59-,60-,61-,62-,63+,64-/m1/s1. The van der Waals surface area contributed by atoms with E-state index >= 15 is 0 Å². The van der Waals surface area contributed by atoms with E-state index in [9.17, 15) is 55.9 Å². The quantitative estimate of drug-likeness (QED) is 0.0520. The van der Waals surface area contributed by atoms with E-state index in [1.807, 2.05) is 51.1 Å². The van der Waals surface area contributed by atoms with E-state index in [0.717, 1.165) is 5.56 Å². The van der Waals surface area contributed by atoms with Gasteiger partial charge >= 0.3 is 5.97 Å². The number of aliphatic hydroxyl groups excluding tert-OH is 6. The van der Waals surface area contributed by atoms with Crippen molar-refractivity contribution in [3.63, 3.8) is 0 Å². The third kappa shape index (κ3) is 12.3. The SMILES string of the molecule is CO[C@H]1[C@@H](O)[C@H](O[C@@H]2[C@@H](C)O[C@@H](O[C@H]3[C@@H](OC)C[C@H](O[C@H]4[C@@H](OC)C[C@H](O[C@H]5CC[C@]6(C)[C@H]7C[C@@H](OC(=O)/C=C/c8ccccc8)[C@@]8(C)[C@](O)(CC[C@@]8(O)C(C)O)[C@]7(O)C=C[C@@]6(O)C5)O[C@@H]4C)O[C@@H]3C)C[C@H]2OC)O[C@H](C)[C@H]1O[C@@H]1O[C@H](CO)[C@@H](O)[C@H](O)[C@H]1O. The normalized spacial score (nSPS) is 50.8. The molecule has 0 amide bonds. The van der Waals surface area contributed by atoms with Gasteiger partial charge in [-0.3, -0.25) is 0 Å². The van der Waals surface area contributed by atoms with Crippen LogP contribution in [-0.4, -0.2) is 268 Å². The Labute approximate surface area is 525 Å². The number of carbonyl (C=O) groups excluding carboxylic acids is 1. The first-order chi connectivity index (χ1) is 42.6. The summed E-state index contributed by atoms with van der Waals surface area (Å²) < 4.78 is 93.4. The minimum absolute atomic E-state index is 0.0446. The van der Waals surface area contributed by atoms with Gasteiger partial charge in [0.1, 0.15) is 83.9 Å². The van der Waals surface area contributed by atoms with Crippen LogP contribution in [0.4, 0.5) is 0 Å². The molecule has 26 nitrogen and oxygen atoms in total. The molecule has 5 heterocycles.